The Morgan fingerprint density at radius 3 is 2.43 bits per heavy atom. The second-order valence-electron chi connectivity index (χ2n) is 6.63. The quantitative estimate of drug-likeness (QED) is 0.454. The minimum absolute atomic E-state index is 0.0411. The summed E-state index contributed by atoms with van der Waals surface area (Å²) in [5, 5.41) is 14.3. The topological polar surface area (TPSA) is 78.7 Å². The summed E-state index contributed by atoms with van der Waals surface area (Å²) in [6.07, 6.45) is 1.98. The molecule has 1 heterocycles. The Bertz CT molecular complexity index is 853. The Hall–Kier alpha value is -2.58. The van der Waals surface area contributed by atoms with Gasteiger partial charge in [0.15, 0.2) is 0 Å². The molecule has 1 saturated heterocycles. The van der Waals surface area contributed by atoms with E-state index in [1.54, 1.807) is 23.9 Å². The standard InChI is InChI=1S/C20H24N4O3S/c1-15(20(25)21-16-7-3-6-10-19(16)28-2)22-11-13-23(14-12-22)17-8-4-5-9-18(17)24(26)27/h3-10,15H,11-14H2,1-2H3,(H,21,25). The van der Waals surface area contributed by atoms with Gasteiger partial charge in [0.1, 0.15) is 5.69 Å². The van der Waals surface area contributed by atoms with Gasteiger partial charge in [0.2, 0.25) is 5.91 Å². The van der Waals surface area contributed by atoms with Gasteiger partial charge in [-0.3, -0.25) is 19.8 Å². The highest BCUT2D eigenvalue weighted by atomic mass is 32.2. The largest absolute Gasteiger partial charge is 0.363 e. The van der Waals surface area contributed by atoms with Crippen molar-refractivity contribution >= 4 is 34.7 Å². The van der Waals surface area contributed by atoms with Crippen molar-refractivity contribution in [2.75, 3.05) is 42.7 Å². The number of carbonyl (C=O) groups is 1. The average Bonchev–Trinajstić information content (AvgIpc) is 2.73. The first-order chi connectivity index (χ1) is 13.5. The van der Waals surface area contributed by atoms with Crippen molar-refractivity contribution in [3.63, 3.8) is 0 Å². The Labute approximate surface area is 168 Å². The molecule has 8 heteroatoms. The molecule has 0 radical (unpaired) electrons. The maximum absolute atomic E-state index is 12.7. The van der Waals surface area contributed by atoms with E-state index in [1.807, 2.05) is 48.4 Å². The molecular formula is C20H24N4O3S. The Morgan fingerprint density at radius 2 is 1.75 bits per heavy atom. The zero-order valence-corrected chi connectivity index (χ0v) is 16.8. The maximum atomic E-state index is 12.7. The van der Waals surface area contributed by atoms with Gasteiger partial charge in [-0.05, 0) is 31.4 Å². The number of carbonyl (C=O) groups excluding carboxylic acids is 1. The van der Waals surface area contributed by atoms with Gasteiger partial charge in [0.05, 0.1) is 16.7 Å². The summed E-state index contributed by atoms with van der Waals surface area (Å²) in [6.45, 7) is 4.53. The highest BCUT2D eigenvalue weighted by Gasteiger charge is 2.28. The molecule has 1 amide bonds. The third kappa shape index (κ3) is 4.45. The van der Waals surface area contributed by atoms with E-state index < -0.39 is 0 Å². The first kappa shape index (κ1) is 20.2. The summed E-state index contributed by atoms with van der Waals surface area (Å²) in [6, 6.07) is 14.3. The summed E-state index contributed by atoms with van der Waals surface area (Å²) < 4.78 is 0. The number of rotatable bonds is 6. The second-order valence-corrected chi connectivity index (χ2v) is 7.48. The molecule has 0 spiro atoms. The number of piperazine rings is 1. The molecule has 28 heavy (non-hydrogen) atoms. The Morgan fingerprint density at radius 1 is 1.11 bits per heavy atom. The number of amides is 1. The minimum Gasteiger partial charge on any atom is -0.363 e. The van der Waals surface area contributed by atoms with Gasteiger partial charge in [-0.1, -0.05) is 24.3 Å². The molecule has 1 unspecified atom stereocenters. The number of benzene rings is 2. The van der Waals surface area contributed by atoms with E-state index in [0.29, 0.717) is 31.9 Å². The lowest BCUT2D eigenvalue weighted by atomic mass is 10.1. The number of nitrogens with zero attached hydrogens (tertiary/aromatic N) is 3. The lowest BCUT2D eigenvalue weighted by molar-refractivity contribution is -0.384. The molecule has 2 aromatic carbocycles. The van der Waals surface area contributed by atoms with Crippen LogP contribution in [0.5, 0.6) is 0 Å². The van der Waals surface area contributed by atoms with Crippen LogP contribution in [0.15, 0.2) is 53.4 Å². The van der Waals surface area contributed by atoms with E-state index in [9.17, 15) is 14.9 Å². The average molecular weight is 401 g/mol. The molecule has 0 aromatic heterocycles. The van der Waals surface area contributed by atoms with Crippen LogP contribution < -0.4 is 10.2 Å². The van der Waals surface area contributed by atoms with Crippen LogP contribution in [0.1, 0.15) is 6.92 Å². The van der Waals surface area contributed by atoms with Crippen molar-refractivity contribution in [1.82, 2.24) is 4.90 Å². The molecule has 148 valence electrons. The summed E-state index contributed by atoms with van der Waals surface area (Å²) in [5.74, 6) is -0.0411. The molecule has 1 N–H and O–H groups in total. The molecule has 2 aromatic rings. The summed E-state index contributed by atoms with van der Waals surface area (Å²) in [4.78, 5) is 28.8. The number of anilines is 2. The normalized spacial score (nSPS) is 15.9. The number of nitrogens with one attached hydrogen (secondary N) is 1. The molecule has 1 atom stereocenters. The van der Waals surface area contributed by atoms with Crippen LogP contribution in [0, 0.1) is 10.1 Å². The first-order valence-corrected chi connectivity index (χ1v) is 10.4. The number of hydrogen-bond donors (Lipinski definition) is 1. The summed E-state index contributed by atoms with van der Waals surface area (Å²) in [7, 11) is 0. The molecule has 3 rings (SSSR count). The number of nitro benzene ring substituents is 1. The van der Waals surface area contributed by atoms with Crippen LogP contribution in [0.4, 0.5) is 17.1 Å². The molecule has 7 nitrogen and oxygen atoms in total. The van der Waals surface area contributed by atoms with E-state index in [0.717, 1.165) is 10.6 Å². The predicted molar refractivity (Wildman–Crippen MR) is 113 cm³/mol. The highest BCUT2D eigenvalue weighted by Crippen LogP contribution is 2.29. The monoisotopic (exact) mass is 400 g/mol. The van der Waals surface area contributed by atoms with Crippen LogP contribution in [-0.2, 0) is 4.79 Å². The van der Waals surface area contributed by atoms with Crippen molar-refractivity contribution in [2.45, 2.75) is 17.9 Å². The Kier molecular flexibility index (Phi) is 6.53. The highest BCUT2D eigenvalue weighted by molar-refractivity contribution is 7.98. The van der Waals surface area contributed by atoms with E-state index in [1.165, 1.54) is 6.07 Å². The second kappa shape index (κ2) is 9.07. The zero-order valence-electron chi connectivity index (χ0n) is 16.0. The van der Waals surface area contributed by atoms with Gasteiger partial charge in [0, 0.05) is 37.1 Å². The van der Waals surface area contributed by atoms with Gasteiger partial charge in [-0.25, -0.2) is 0 Å². The van der Waals surface area contributed by atoms with Crippen LogP contribution >= 0.6 is 11.8 Å². The van der Waals surface area contributed by atoms with Crippen LogP contribution in [0.25, 0.3) is 0 Å². The molecule has 0 bridgehead atoms. The Balaban J connectivity index is 1.61. The number of para-hydroxylation sites is 3. The van der Waals surface area contributed by atoms with Crippen molar-refractivity contribution in [1.29, 1.82) is 0 Å². The third-order valence-corrected chi connectivity index (χ3v) is 5.82. The van der Waals surface area contributed by atoms with Crippen molar-refractivity contribution in [3.8, 4) is 0 Å². The van der Waals surface area contributed by atoms with E-state index in [4.69, 9.17) is 0 Å². The molecule has 0 saturated carbocycles. The fraction of sp³-hybridized carbons (Fsp3) is 0.350. The minimum atomic E-state index is -0.346. The van der Waals surface area contributed by atoms with E-state index in [2.05, 4.69) is 10.2 Å². The number of hydrogen-bond acceptors (Lipinski definition) is 6. The predicted octanol–water partition coefficient (Wildman–Crippen LogP) is 3.47. The zero-order chi connectivity index (χ0) is 20.1. The van der Waals surface area contributed by atoms with Crippen LogP contribution in [0.3, 0.4) is 0 Å². The fourth-order valence-corrected chi connectivity index (χ4v) is 3.94. The van der Waals surface area contributed by atoms with Gasteiger partial charge >= 0.3 is 0 Å². The molecular weight excluding hydrogens is 376 g/mol. The molecule has 1 aliphatic heterocycles. The fourth-order valence-electron chi connectivity index (χ4n) is 3.39. The molecule has 0 aliphatic carbocycles. The van der Waals surface area contributed by atoms with Gasteiger partial charge in [-0.15, -0.1) is 11.8 Å². The van der Waals surface area contributed by atoms with Crippen LogP contribution in [-0.4, -0.2) is 54.2 Å². The first-order valence-electron chi connectivity index (χ1n) is 9.17. The van der Waals surface area contributed by atoms with Crippen molar-refractivity contribution < 1.29 is 9.72 Å². The third-order valence-electron chi connectivity index (χ3n) is 5.03. The van der Waals surface area contributed by atoms with E-state index >= 15 is 0 Å². The van der Waals surface area contributed by atoms with Crippen molar-refractivity contribution in [2.24, 2.45) is 0 Å². The van der Waals surface area contributed by atoms with Gasteiger partial charge < -0.3 is 10.2 Å². The summed E-state index contributed by atoms with van der Waals surface area (Å²) in [5.41, 5.74) is 1.58. The lowest BCUT2D eigenvalue weighted by Crippen LogP contribution is -2.53. The summed E-state index contributed by atoms with van der Waals surface area (Å²) >= 11 is 1.60. The number of nitro groups is 1. The van der Waals surface area contributed by atoms with Gasteiger partial charge in [0.25, 0.3) is 5.69 Å². The molecule has 1 aliphatic rings. The maximum Gasteiger partial charge on any atom is 0.292 e. The molecule has 1 fully saturated rings. The lowest BCUT2D eigenvalue weighted by Gasteiger charge is -2.38. The van der Waals surface area contributed by atoms with Crippen molar-refractivity contribution in [3.05, 3.63) is 58.6 Å². The van der Waals surface area contributed by atoms with Crippen LogP contribution in [0.2, 0.25) is 0 Å². The number of thioether (sulfide) groups is 1. The van der Waals surface area contributed by atoms with Gasteiger partial charge in [-0.2, -0.15) is 0 Å². The van der Waals surface area contributed by atoms with E-state index in [-0.39, 0.29) is 22.6 Å². The smallest absolute Gasteiger partial charge is 0.292 e. The SMILES string of the molecule is CSc1ccccc1NC(=O)C(C)N1CCN(c2ccccc2[N+](=O)[O-])CC1.